The van der Waals surface area contributed by atoms with Crippen LogP contribution in [0, 0.1) is 5.92 Å². The summed E-state index contributed by atoms with van der Waals surface area (Å²) in [5, 5.41) is 0. The van der Waals surface area contributed by atoms with Gasteiger partial charge in [-0.1, -0.05) is 37.3 Å². The second-order valence-corrected chi connectivity index (χ2v) is 5.28. The number of hydrogen-bond acceptors (Lipinski definition) is 2. The van der Waals surface area contributed by atoms with Crippen molar-refractivity contribution in [1.29, 1.82) is 0 Å². The molecule has 0 spiro atoms. The number of nitrogens with zero attached hydrogens (tertiary/aromatic N) is 1. The summed E-state index contributed by atoms with van der Waals surface area (Å²) < 4.78 is 0. The molecule has 1 aliphatic heterocycles. The molecule has 3 heteroatoms. The first-order valence-electron chi connectivity index (χ1n) is 7.05. The van der Waals surface area contributed by atoms with Crippen molar-refractivity contribution in [2.75, 3.05) is 13.1 Å². The molecule has 0 saturated carbocycles. The third kappa shape index (κ3) is 3.66. The highest BCUT2D eigenvalue weighted by Crippen LogP contribution is 2.16. The van der Waals surface area contributed by atoms with Crippen LogP contribution in [0.4, 0.5) is 0 Å². The van der Waals surface area contributed by atoms with Gasteiger partial charge in [0.05, 0.1) is 0 Å². The molecular formula is C16H21NO2. The normalized spacial score (nSPS) is 17.0. The van der Waals surface area contributed by atoms with Crippen molar-refractivity contribution in [2.45, 2.75) is 32.6 Å². The van der Waals surface area contributed by atoms with Crippen molar-refractivity contribution in [1.82, 2.24) is 4.90 Å². The zero-order chi connectivity index (χ0) is 13.7. The number of amides is 1. The zero-order valence-electron chi connectivity index (χ0n) is 11.5. The zero-order valence-corrected chi connectivity index (χ0v) is 11.5. The van der Waals surface area contributed by atoms with Gasteiger partial charge in [0, 0.05) is 31.0 Å². The van der Waals surface area contributed by atoms with Gasteiger partial charge in [-0.3, -0.25) is 9.59 Å². The lowest BCUT2D eigenvalue weighted by Crippen LogP contribution is -2.37. The number of hydrogen-bond donors (Lipinski definition) is 0. The van der Waals surface area contributed by atoms with Gasteiger partial charge in [-0.2, -0.15) is 0 Å². The first-order valence-corrected chi connectivity index (χ1v) is 7.05. The number of Topliss-reactive ketones (excluding diaryl/α,β-unsaturated/α-hetero) is 1. The molecule has 0 bridgehead atoms. The Labute approximate surface area is 114 Å². The van der Waals surface area contributed by atoms with Crippen molar-refractivity contribution < 1.29 is 9.59 Å². The predicted octanol–water partition coefficient (Wildman–Crippen LogP) is 2.91. The fraction of sp³-hybridized carbons (Fsp3) is 0.500. The molecule has 0 aliphatic carbocycles. The van der Waals surface area contributed by atoms with Gasteiger partial charge < -0.3 is 4.90 Å². The quantitative estimate of drug-likeness (QED) is 0.780. The molecule has 0 aromatic heterocycles. The molecular weight excluding hydrogens is 238 g/mol. The Hall–Kier alpha value is -1.64. The van der Waals surface area contributed by atoms with Gasteiger partial charge in [0.1, 0.15) is 0 Å². The fourth-order valence-corrected chi connectivity index (χ4v) is 2.51. The van der Waals surface area contributed by atoms with Crippen LogP contribution in [0.1, 0.15) is 43.0 Å². The van der Waals surface area contributed by atoms with Crippen LogP contribution in [0.25, 0.3) is 0 Å². The van der Waals surface area contributed by atoms with Crippen LogP contribution < -0.4 is 0 Å². The molecule has 19 heavy (non-hydrogen) atoms. The highest BCUT2D eigenvalue weighted by Gasteiger charge is 2.22. The second-order valence-electron chi connectivity index (χ2n) is 5.28. The molecule has 1 aromatic carbocycles. The maximum Gasteiger partial charge on any atom is 0.223 e. The van der Waals surface area contributed by atoms with Gasteiger partial charge >= 0.3 is 0 Å². The maximum atomic E-state index is 12.2. The minimum Gasteiger partial charge on any atom is -0.343 e. The molecule has 0 unspecified atom stereocenters. The van der Waals surface area contributed by atoms with Crippen molar-refractivity contribution in [3.63, 3.8) is 0 Å². The molecule has 1 amide bonds. The molecule has 1 aromatic rings. The molecule has 0 radical (unpaired) electrons. The van der Waals surface area contributed by atoms with Gasteiger partial charge in [0.25, 0.3) is 0 Å². The number of carbonyl (C=O) groups excluding carboxylic acids is 2. The van der Waals surface area contributed by atoms with E-state index >= 15 is 0 Å². The van der Waals surface area contributed by atoms with Crippen LogP contribution in [0.3, 0.4) is 0 Å². The first-order chi connectivity index (χ1) is 9.18. The Morgan fingerprint density at radius 3 is 2.37 bits per heavy atom. The van der Waals surface area contributed by atoms with E-state index in [9.17, 15) is 9.59 Å². The highest BCUT2D eigenvalue weighted by atomic mass is 16.2. The molecule has 0 N–H and O–H groups in total. The van der Waals surface area contributed by atoms with Crippen molar-refractivity contribution in [2.24, 2.45) is 5.92 Å². The van der Waals surface area contributed by atoms with Crippen molar-refractivity contribution >= 4 is 11.7 Å². The topological polar surface area (TPSA) is 37.4 Å². The Morgan fingerprint density at radius 2 is 1.74 bits per heavy atom. The van der Waals surface area contributed by atoms with E-state index in [-0.39, 0.29) is 17.6 Å². The Morgan fingerprint density at radius 1 is 1.11 bits per heavy atom. The number of benzene rings is 1. The van der Waals surface area contributed by atoms with E-state index in [1.807, 2.05) is 42.2 Å². The highest BCUT2D eigenvalue weighted by molar-refractivity contribution is 5.99. The average molecular weight is 259 g/mol. The monoisotopic (exact) mass is 259 g/mol. The number of carbonyl (C=O) groups is 2. The third-order valence-corrected chi connectivity index (χ3v) is 3.70. The summed E-state index contributed by atoms with van der Waals surface area (Å²) in [6.07, 6.45) is 3.72. The molecule has 1 fully saturated rings. The average Bonchev–Trinajstić information content (AvgIpc) is 2.48. The van der Waals surface area contributed by atoms with Crippen LogP contribution in [0.15, 0.2) is 30.3 Å². The van der Waals surface area contributed by atoms with Gasteiger partial charge in [0.2, 0.25) is 5.91 Å². The summed E-state index contributed by atoms with van der Waals surface area (Å²) >= 11 is 0. The summed E-state index contributed by atoms with van der Waals surface area (Å²) in [6, 6.07) is 9.22. The van der Waals surface area contributed by atoms with Gasteiger partial charge in [-0.15, -0.1) is 0 Å². The van der Waals surface area contributed by atoms with Crippen LogP contribution in [-0.2, 0) is 4.79 Å². The molecule has 1 saturated heterocycles. The fourth-order valence-electron chi connectivity index (χ4n) is 2.51. The minimum absolute atomic E-state index is 0.0611. The Kier molecular flexibility index (Phi) is 4.72. The maximum absolute atomic E-state index is 12.2. The smallest absolute Gasteiger partial charge is 0.223 e. The van der Waals surface area contributed by atoms with E-state index in [2.05, 4.69) is 0 Å². The molecule has 1 aliphatic rings. The number of rotatable bonds is 4. The van der Waals surface area contributed by atoms with Crippen LogP contribution in [0.5, 0.6) is 0 Å². The molecule has 102 valence electrons. The third-order valence-electron chi connectivity index (χ3n) is 3.70. The molecule has 1 heterocycles. The molecule has 3 nitrogen and oxygen atoms in total. The number of likely N-dealkylation sites (tertiary alicyclic amines) is 1. The molecule has 2 rings (SSSR count). The van der Waals surface area contributed by atoms with E-state index < -0.39 is 0 Å². The summed E-state index contributed by atoms with van der Waals surface area (Å²) in [6.45, 7) is 3.55. The van der Waals surface area contributed by atoms with E-state index in [0.717, 1.165) is 25.9 Å². The Balaban J connectivity index is 1.91. The lowest BCUT2D eigenvalue weighted by molar-refractivity contribution is -0.132. The SMILES string of the molecule is C[C@@H](CC(=O)N1CCCCC1)C(=O)c1ccccc1. The minimum atomic E-state index is -0.239. The predicted molar refractivity (Wildman–Crippen MR) is 75.0 cm³/mol. The van der Waals surface area contributed by atoms with Gasteiger partial charge in [-0.05, 0) is 19.3 Å². The summed E-state index contributed by atoms with van der Waals surface area (Å²) in [5.41, 5.74) is 0.696. The van der Waals surface area contributed by atoms with E-state index in [1.54, 1.807) is 0 Å². The van der Waals surface area contributed by atoms with E-state index in [1.165, 1.54) is 6.42 Å². The van der Waals surface area contributed by atoms with Gasteiger partial charge in [0.15, 0.2) is 5.78 Å². The van der Waals surface area contributed by atoms with Crippen LogP contribution >= 0.6 is 0 Å². The second kappa shape index (κ2) is 6.50. The largest absolute Gasteiger partial charge is 0.343 e. The van der Waals surface area contributed by atoms with Gasteiger partial charge in [-0.25, -0.2) is 0 Å². The first kappa shape index (κ1) is 13.8. The summed E-state index contributed by atoms with van der Waals surface area (Å²) in [4.78, 5) is 26.2. The lowest BCUT2D eigenvalue weighted by atomic mass is 9.95. The lowest BCUT2D eigenvalue weighted by Gasteiger charge is -2.27. The van der Waals surface area contributed by atoms with Crippen LogP contribution in [-0.4, -0.2) is 29.7 Å². The van der Waals surface area contributed by atoms with Crippen molar-refractivity contribution in [3.05, 3.63) is 35.9 Å². The number of ketones is 1. The standard InChI is InChI=1S/C16H21NO2/c1-13(16(19)14-8-4-2-5-9-14)12-15(18)17-10-6-3-7-11-17/h2,4-5,8-9,13H,3,6-7,10-12H2,1H3/t13-/m0/s1. The molecule has 1 atom stereocenters. The van der Waals surface area contributed by atoms with Crippen LogP contribution in [0.2, 0.25) is 0 Å². The summed E-state index contributed by atoms with van der Waals surface area (Å²) in [5.74, 6) is -0.0562. The van der Waals surface area contributed by atoms with Crippen molar-refractivity contribution in [3.8, 4) is 0 Å². The Bertz CT molecular complexity index is 435. The summed E-state index contributed by atoms with van der Waals surface area (Å²) in [7, 11) is 0. The van der Waals surface area contributed by atoms with E-state index in [4.69, 9.17) is 0 Å². The number of piperidine rings is 1. The van der Waals surface area contributed by atoms with E-state index in [0.29, 0.717) is 12.0 Å².